The fourth-order valence-electron chi connectivity index (χ4n) is 4.45. The molecule has 0 aromatic heterocycles. The molecule has 0 atom stereocenters. The van der Waals surface area contributed by atoms with Crippen LogP contribution >= 0.6 is 0 Å². The van der Waals surface area contributed by atoms with Crippen molar-refractivity contribution in [3.05, 3.63) is 108 Å². The van der Waals surface area contributed by atoms with Crippen molar-refractivity contribution < 1.29 is 9.47 Å². The Morgan fingerprint density at radius 2 is 1.57 bits per heavy atom. The number of hydrazone groups is 1. The summed E-state index contributed by atoms with van der Waals surface area (Å²) in [6.45, 7) is 5.30. The SMILES string of the molecule is COc1cc(/C=N/N2CCN(Cc3cccc4ccccc34)CC2)ccc1OCc1ccccc1. The highest BCUT2D eigenvalue weighted by Crippen LogP contribution is 2.28. The molecule has 0 amide bonds. The second kappa shape index (κ2) is 11.1. The summed E-state index contributed by atoms with van der Waals surface area (Å²) in [4.78, 5) is 2.51. The maximum atomic E-state index is 5.97. The average Bonchev–Trinajstić information content (AvgIpc) is 2.92. The van der Waals surface area contributed by atoms with E-state index < -0.39 is 0 Å². The van der Waals surface area contributed by atoms with Crippen molar-refractivity contribution in [1.82, 2.24) is 9.91 Å². The van der Waals surface area contributed by atoms with Gasteiger partial charge in [0.05, 0.1) is 13.3 Å². The van der Waals surface area contributed by atoms with Gasteiger partial charge in [-0.3, -0.25) is 9.91 Å². The highest BCUT2D eigenvalue weighted by Gasteiger charge is 2.16. The average molecular weight is 466 g/mol. The largest absolute Gasteiger partial charge is 0.493 e. The number of hydrogen-bond acceptors (Lipinski definition) is 5. The molecule has 5 nitrogen and oxygen atoms in total. The van der Waals surface area contributed by atoms with Gasteiger partial charge in [-0.2, -0.15) is 5.10 Å². The number of nitrogens with zero attached hydrogens (tertiary/aromatic N) is 3. The molecule has 1 saturated heterocycles. The molecule has 0 aliphatic carbocycles. The standard InChI is InChI=1S/C30H31N3O2/c1-34-30-20-25(14-15-29(30)35-23-24-8-3-2-4-9-24)21-31-33-18-16-32(17-19-33)22-27-12-7-11-26-10-5-6-13-28(26)27/h2-15,20-21H,16-19,22-23H2,1H3/b31-21+. The van der Waals surface area contributed by atoms with Crippen molar-refractivity contribution in [2.75, 3.05) is 33.3 Å². The van der Waals surface area contributed by atoms with E-state index in [0.29, 0.717) is 12.4 Å². The highest BCUT2D eigenvalue weighted by atomic mass is 16.5. The number of piperazine rings is 1. The summed E-state index contributed by atoms with van der Waals surface area (Å²) in [7, 11) is 1.67. The normalized spacial score (nSPS) is 14.5. The van der Waals surface area contributed by atoms with Gasteiger partial charge in [0.15, 0.2) is 11.5 Å². The Morgan fingerprint density at radius 1 is 0.800 bits per heavy atom. The zero-order chi connectivity index (χ0) is 23.9. The Morgan fingerprint density at radius 3 is 2.40 bits per heavy atom. The van der Waals surface area contributed by atoms with Gasteiger partial charge in [-0.25, -0.2) is 0 Å². The number of ether oxygens (including phenoxy) is 2. The van der Waals surface area contributed by atoms with Crippen LogP contribution in [0.15, 0.2) is 96.1 Å². The van der Waals surface area contributed by atoms with Crippen LogP contribution in [0.1, 0.15) is 16.7 Å². The van der Waals surface area contributed by atoms with E-state index in [4.69, 9.17) is 14.6 Å². The Kier molecular flexibility index (Phi) is 7.25. The van der Waals surface area contributed by atoms with Gasteiger partial charge in [-0.05, 0) is 45.7 Å². The van der Waals surface area contributed by atoms with E-state index in [-0.39, 0.29) is 0 Å². The quantitative estimate of drug-likeness (QED) is 0.319. The molecule has 1 aliphatic rings. The summed E-state index contributed by atoms with van der Waals surface area (Å²) in [5.41, 5.74) is 3.51. The summed E-state index contributed by atoms with van der Waals surface area (Å²) < 4.78 is 11.5. The monoisotopic (exact) mass is 465 g/mol. The van der Waals surface area contributed by atoms with Gasteiger partial charge in [0, 0.05) is 32.7 Å². The molecular weight excluding hydrogens is 434 g/mol. The van der Waals surface area contributed by atoms with E-state index in [1.807, 2.05) is 42.6 Å². The van der Waals surface area contributed by atoms with Crippen LogP contribution in [-0.2, 0) is 13.2 Å². The molecule has 5 rings (SSSR count). The Hall–Kier alpha value is -3.83. The predicted octanol–water partition coefficient (Wildman–Crippen LogP) is 5.58. The third-order valence-electron chi connectivity index (χ3n) is 6.42. The van der Waals surface area contributed by atoms with Crippen molar-refractivity contribution in [2.24, 2.45) is 5.10 Å². The first kappa shape index (κ1) is 22.9. The molecule has 178 valence electrons. The van der Waals surface area contributed by atoms with E-state index in [1.54, 1.807) is 7.11 Å². The Labute approximate surface area is 207 Å². The molecule has 1 aliphatic heterocycles. The minimum absolute atomic E-state index is 0.508. The van der Waals surface area contributed by atoms with Crippen molar-refractivity contribution in [1.29, 1.82) is 0 Å². The van der Waals surface area contributed by atoms with Gasteiger partial charge in [0.25, 0.3) is 0 Å². The van der Waals surface area contributed by atoms with Crippen LogP contribution in [0.4, 0.5) is 0 Å². The molecule has 0 bridgehead atoms. The van der Waals surface area contributed by atoms with E-state index in [0.717, 1.165) is 49.6 Å². The summed E-state index contributed by atoms with van der Waals surface area (Å²) in [5, 5.41) is 9.53. The molecule has 0 N–H and O–H groups in total. The fourth-order valence-corrected chi connectivity index (χ4v) is 4.45. The minimum Gasteiger partial charge on any atom is -0.493 e. The first-order valence-electron chi connectivity index (χ1n) is 12.1. The van der Waals surface area contributed by atoms with Gasteiger partial charge in [-0.1, -0.05) is 72.8 Å². The Balaban J connectivity index is 1.15. The van der Waals surface area contributed by atoms with Crippen LogP contribution in [0.2, 0.25) is 0 Å². The lowest BCUT2D eigenvalue weighted by Crippen LogP contribution is -2.43. The molecule has 4 aromatic carbocycles. The molecular formula is C30H31N3O2. The maximum Gasteiger partial charge on any atom is 0.161 e. The first-order valence-corrected chi connectivity index (χ1v) is 12.1. The van der Waals surface area contributed by atoms with Gasteiger partial charge in [0.2, 0.25) is 0 Å². The molecule has 1 fully saturated rings. The van der Waals surface area contributed by atoms with E-state index >= 15 is 0 Å². The molecule has 0 saturated carbocycles. The van der Waals surface area contributed by atoms with Crippen molar-refractivity contribution in [3.8, 4) is 11.5 Å². The lowest BCUT2D eigenvalue weighted by Gasteiger charge is -2.33. The zero-order valence-electron chi connectivity index (χ0n) is 20.1. The topological polar surface area (TPSA) is 37.3 Å². The summed E-state index contributed by atoms with van der Waals surface area (Å²) in [5.74, 6) is 1.44. The van der Waals surface area contributed by atoms with Gasteiger partial charge in [0.1, 0.15) is 6.61 Å². The number of rotatable bonds is 8. The molecule has 0 radical (unpaired) electrons. The lowest BCUT2D eigenvalue weighted by atomic mass is 10.0. The van der Waals surface area contributed by atoms with Gasteiger partial charge >= 0.3 is 0 Å². The van der Waals surface area contributed by atoms with E-state index in [9.17, 15) is 0 Å². The third-order valence-corrected chi connectivity index (χ3v) is 6.42. The second-order valence-electron chi connectivity index (χ2n) is 8.80. The zero-order valence-corrected chi connectivity index (χ0v) is 20.1. The van der Waals surface area contributed by atoms with Crippen molar-refractivity contribution in [2.45, 2.75) is 13.2 Å². The molecule has 0 spiro atoms. The smallest absolute Gasteiger partial charge is 0.161 e. The molecule has 1 heterocycles. The molecule has 35 heavy (non-hydrogen) atoms. The van der Waals surface area contributed by atoms with Crippen LogP contribution in [-0.4, -0.2) is 49.4 Å². The van der Waals surface area contributed by atoms with Crippen LogP contribution in [0.5, 0.6) is 11.5 Å². The number of methoxy groups -OCH3 is 1. The summed E-state index contributed by atoms with van der Waals surface area (Å²) >= 11 is 0. The van der Waals surface area contributed by atoms with Crippen LogP contribution in [0.3, 0.4) is 0 Å². The number of benzene rings is 4. The van der Waals surface area contributed by atoms with Crippen LogP contribution < -0.4 is 9.47 Å². The molecule has 0 unspecified atom stereocenters. The fraction of sp³-hybridized carbons (Fsp3) is 0.233. The first-order chi connectivity index (χ1) is 17.3. The molecule has 4 aromatic rings. The van der Waals surface area contributed by atoms with E-state index in [1.165, 1.54) is 16.3 Å². The van der Waals surface area contributed by atoms with Crippen LogP contribution in [0, 0.1) is 0 Å². The maximum absolute atomic E-state index is 5.97. The summed E-state index contributed by atoms with van der Waals surface area (Å²) in [6.07, 6.45) is 1.91. The molecule has 5 heteroatoms. The van der Waals surface area contributed by atoms with E-state index in [2.05, 4.69) is 64.5 Å². The van der Waals surface area contributed by atoms with Crippen molar-refractivity contribution in [3.63, 3.8) is 0 Å². The predicted molar refractivity (Wildman–Crippen MR) is 142 cm³/mol. The number of hydrogen-bond donors (Lipinski definition) is 0. The highest BCUT2D eigenvalue weighted by molar-refractivity contribution is 5.85. The number of fused-ring (bicyclic) bond motifs is 1. The minimum atomic E-state index is 0.508. The van der Waals surface area contributed by atoms with Gasteiger partial charge < -0.3 is 9.47 Å². The second-order valence-corrected chi connectivity index (χ2v) is 8.80. The Bertz CT molecular complexity index is 1280. The van der Waals surface area contributed by atoms with Gasteiger partial charge in [-0.15, -0.1) is 0 Å². The summed E-state index contributed by atoms with van der Waals surface area (Å²) in [6, 6.07) is 31.3. The van der Waals surface area contributed by atoms with Crippen LogP contribution in [0.25, 0.3) is 10.8 Å². The third kappa shape index (κ3) is 5.81. The van der Waals surface area contributed by atoms with Crippen molar-refractivity contribution >= 4 is 17.0 Å². The lowest BCUT2D eigenvalue weighted by molar-refractivity contribution is 0.131.